The molecule has 0 atom stereocenters. The van der Waals surface area contributed by atoms with Crippen molar-refractivity contribution in [3.63, 3.8) is 0 Å². The number of pyridine rings is 1. The number of aromatic nitrogens is 4. The van der Waals surface area contributed by atoms with Gasteiger partial charge < -0.3 is 9.55 Å². The Labute approximate surface area is 151 Å². The zero-order valence-electron chi connectivity index (χ0n) is 13.6. The molecular weight excluding hydrogens is 464 g/mol. The molecule has 1 radical (unpaired) electrons. The van der Waals surface area contributed by atoms with Gasteiger partial charge in [0, 0.05) is 32.1 Å². The van der Waals surface area contributed by atoms with Gasteiger partial charge in [-0.1, -0.05) is 44.4 Å². The number of hydrogen-bond acceptors (Lipinski definition) is 3. The van der Waals surface area contributed by atoms with E-state index in [0.29, 0.717) is 12.0 Å². The third kappa shape index (κ3) is 3.14. The van der Waals surface area contributed by atoms with E-state index >= 15 is 0 Å². The van der Waals surface area contributed by atoms with Crippen LogP contribution in [0.2, 0.25) is 0 Å². The second-order valence-corrected chi connectivity index (χ2v) is 6.72. The Morgan fingerprint density at radius 1 is 1.04 bits per heavy atom. The Bertz CT molecular complexity index is 655. The number of hydrogen-bond donors (Lipinski definition) is 0. The minimum Gasteiger partial charge on any atom is -0.357 e. The Kier molecular flexibility index (Phi) is 5.27. The van der Waals surface area contributed by atoms with Gasteiger partial charge in [0.15, 0.2) is 0 Å². The van der Waals surface area contributed by atoms with E-state index in [1.165, 1.54) is 57.2 Å². The van der Waals surface area contributed by atoms with E-state index in [4.69, 9.17) is 0 Å². The average Bonchev–Trinajstić information content (AvgIpc) is 3.27. The zero-order chi connectivity index (χ0) is 14.9. The van der Waals surface area contributed by atoms with Gasteiger partial charge in [-0.15, -0.1) is 17.2 Å². The summed E-state index contributed by atoms with van der Waals surface area (Å²) in [6.07, 6.45) is 12.1. The van der Waals surface area contributed by atoms with E-state index in [-0.39, 0.29) is 20.1 Å². The summed E-state index contributed by atoms with van der Waals surface area (Å²) in [5.41, 5.74) is 2.01. The predicted molar refractivity (Wildman–Crippen MR) is 85.5 cm³/mol. The number of nitrogens with zero attached hydrogens (tertiary/aromatic N) is 4. The molecule has 2 aromatic rings. The SMILES string of the molecule is Cc1ncc[c-]c1-c1nnc(C2CCCC2)n1C1CCCC1.[Ir]. The zero-order valence-corrected chi connectivity index (χ0v) is 16.0. The van der Waals surface area contributed by atoms with E-state index in [2.05, 4.69) is 25.8 Å². The predicted octanol–water partition coefficient (Wildman–Crippen LogP) is 4.22. The van der Waals surface area contributed by atoms with Gasteiger partial charge in [-0.05, 0) is 31.4 Å². The second kappa shape index (κ2) is 7.23. The van der Waals surface area contributed by atoms with Crippen LogP contribution in [-0.4, -0.2) is 19.7 Å². The fourth-order valence-electron chi connectivity index (χ4n) is 4.12. The van der Waals surface area contributed by atoms with Crippen molar-refractivity contribution in [2.75, 3.05) is 0 Å². The van der Waals surface area contributed by atoms with E-state index in [1.807, 2.05) is 13.0 Å². The molecule has 0 spiro atoms. The summed E-state index contributed by atoms with van der Waals surface area (Å²) in [6, 6.07) is 5.78. The molecule has 4 rings (SSSR count). The van der Waals surface area contributed by atoms with Gasteiger partial charge in [-0.3, -0.25) is 0 Å². The molecule has 2 fully saturated rings. The van der Waals surface area contributed by atoms with Gasteiger partial charge in [-0.25, -0.2) is 0 Å². The topological polar surface area (TPSA) is 43.6 Å². The van der Waals surface area contributed by atoms with E-state index in [9.17, 15) is 0 Å². The molecule has 2 saturated carbocycles. The Morgan fingerprint density at radius 3 is 2.43 bits per heavy atom. The van der Waals surface area contributed by atoms with Crippen LogP contribution in [0, 0.1) is 13.0 Å². The quantitative estimate of drug-likeness (QED) is 0.609. The molecule has 5 heteroatoms. The minimum absolute atomic E-state index is 0. The molecule has 0 N–H and O–H groups in total. The summed E-state index contributed by atoms with van der Waals surface area (Å²) in [5, 5.41) is 9.20. The van der Waals surface area contributed by atoms with E-state index in [0.717, 1.165) is 17.1 Å². The van der Waals surface area contributed by atoms with Crippen molar-refractivity contribution in [1.82, 2.24) is 19.7 Å². The molecule has 4 nitrogen and oxygen atoms in total. The third-order valence-electron chi connectivity index (χ3n) is 5.29. The fourth-order valence-corrected chi connectivity index (χ4v) is 4.12. The van der Waals surface area contributed by atoms with Crippen LogP contribution in [0.4, 0.5) is 0 Å². The smallest absolute Gasteiger partial charge is 0.127 e. The first-order chi connectivity index (χ1) is 10.8. The van der Waals surface area contributed by atoms with Crippen molar-refractivity contribution >= 4 is 0 Å². The normalized spacial score (nSPS) is 19.2. The Balaban J connectivity index is 0.00000156. The molecule has 0 amide bonds. The molecular formula is C18H23IrN4-. The van der Waals surface area contributed by atoms with Crippen LogP contribution in [0.5, 0.6) is 0 Å². The Morgan fingerprint density at radius 2 is 1.74 bits per heavy atom. The van der Waals surface area contributed by atoms with Crippen molar-refractivity contribution in [2.45, 2.75) is 70.3 Å². The summed E-state index contributed by atoms with van der Waals surface area (Å²) in [4.78, 5) is 4.42. The second-order valence-electron chi connectivity index (χ2n) is 6.72. The van der Waals surface area contributed by atoms with Crippen LogP contribution in [0.1, 0.15) is 74.8 Å². The molecule has 2 aliphatic rings. The molecule has 0 bridgehead atoms. The Hall–Kier alpha value is -1.06. The average molecular weight is 488 g/mol. The molecule has 0 aromatic carbocycles. The number of aryl methyl sites for hydroxylation is 1. The molecule has 125 valence electrons. The van der Waals surface area contributed by atoms with Crippen LogP contribution in [0.25, 0.3) is 11.4 Å². The maximum Gasteiger partial charge on any atom is 0.127 e. The largest absolute Gasteiger partial charge is 0.357 e. The first-order valence-corrected chi connectivity index (χ1v) is 8.63. The summed E-state index contributed by atoms with van der Waals surface area (Å²) in [7, 11) is 0. The fraction of sp³-hybridized carbons (Fsp3) is 0.611. The van der Waals surface area contributed by atoms with E-state index < -0.39 is 0 Å². The van der Waals surface area contributed by atoms with Gasteiger partial charge in [-0.2, -0.15) is 5.10 Å². The molecule has 0 unspecified atom stereocenters. The van der Waals surface area contributed by atoms with Crippen LogP contribution in [0.3, 0.4) is 0 Å². The van der Waals surface area contributed by atoms with Crippen molar-refractivity contribution in [1.29, 1.82) is 0 Å². The summed E-state index contributed by atoms with van der Waals surface area (Å²) < 4.78 is 2.45. The van der Waals surface area contributed by atoms with Gasteiger partial charge in [0.25, 0.3) is 0 Å². The molecule has 0 aliphatic heterocycles. The van der Waals surface area contributed by atoms with Crippen LogP contribution >= 0.6 is 0 Å². The maximum atomic E-state index is 4.63. The standard InChI is InChI=1S/C18H23N4.Ir/c1-13-16(11-6-12-19-13)18-21-20-17(14-7-2-3-8-14)22(18)15-9-4-5-10-15;/h6,12,14-15H,2-5,7-10H2,1H3;/q-1;. The summed E-state index contributed by atoms with van der Waals surface area (Å²) >= 11 is 0. The molecule has 2 aliphatic carbocycles. The van der Waals surface area contributed by atoms with Gasteiger partial charge in [0.2, 0.25) is 0 Å². The minimum atomic E-state index is 0. The summed E-state index contributed by atoms with van der Waals surface area (Å²) in [5.74, 6) is 2.80. The van der Waals surface area contributed by atoms with Crippen molar-refractivity contribution in [2.24, 2.45) is 0 Å². The van der Waals surface area contributed by atoms with Gasteiger partial charge in [0.1, 0.15) is 5.82 Å². The molecule has 2 aromatic heterocycles. The first kappa shape index (κ1) is 16.8. The van der Waals surface area contributed by atoms with Crippen LogP contribution in [-0.2, 0) is 20.1 Å². The number of rotatable bonds is 3. The van der Waals surface area contributed by atoms with Crippen molar-refractivity contribution in [3.8, 4) is 11.4 Å². The van der Waals surface area contributed by atoms with Gasteiger partial charge >= 0.3 is 0 Å². The monoisotopic (exact) mass is 488 g/mol. The molecule has 0 saturated heterocycles. The van der Waals surface area contributed by atoms with Crippen molar-refractivity contribution in [3.05, 3.63) is 29.8 Å². The molecule has 2 heterocycles. The third-order valence-corrected chi connectivity index (χ3v) is 5.29. The molecule has 23 heavy (non-hydrogen) atoms. The van der Waals surface area contributed by atoms with Gasteiger partial charge in [0.05, 0.1) is 5.82 Å². The van der Waals surface area contributed by atoms with Crippen molar-refractivity contribution < 1.29 is 20.1 Å². The van der Waals surface area contributed by atoms with Crippen LogP contribution in [0.15, 0.2) is 12.3 Å². The summed E-state index contributed by atoms with van der Waals surface area (Å²) in [6.45, 7) is 2.04. The van der Waals surface area contributed by atoms with Crippen LogP contribution < -0.4 is 0 Å². The van der Waals surface area contributed by atoms with E-state index in [1.54, 1.807) is 6.20 Å². The first-order valence-electron chi connectivity index (χ1n) is 8.63. The maximum absolute atomic E-state index is 4.63.